The van der Waals surface area contributed by atoms with Crippen molar-refractivity contribution < 1.29 is 19.4 Å². The normalized spacial score (nSPS) is 18.2. The Morgan fingerprint density at radius 2 is 1.92 bits per heavy atom. The molecule has 0 saturated carbocycles. The highest BCUT2D eigenvalue weighted by molar-refractivity contribution is 6.09. The monoisotopic (exact) mass is 332 g/mol. The number of nitrogens with zero attached hydrogens (tertiary/aromatic N) is 2. The van der Waals surface area contributed by atoms with E-state index in [0.717, 1.165) is 5.56 Å². The summed E-state index contributed by atoms with van der Waals surface area (Å²) < 4.78 is 5.52. The molecule has 1 N–H and O–H groups in total. The lowest BCUT2D eigenvalue weighted by molar-refractivity contribution is -0.130. The highest BCUT2D eigenvalue weighted by Crippen LogP contribution is 2.38. The van der Waals surface area contributed by atoms with Crippen LogP contribution in [0.1, 0.15) is 39.3 Å². The van der Waals surface area contributed by atoms with Gasteiger partial charge in [-0.15, -0.1) is 0 Å². The molecule has 0 bridgehead atoms. The minimum atomic E-state index is -0.605. The van der Waals surface area contributed by atoms with Gasteiger partial charge in [0.15, 0.2) is 11.5 Å². The van der Waals surface area contributed by atoms with Crippen molar-refractivity contribution in [3.63, 3.8) is 0 Å². The average Bonchev–Trinajstić information content (AvgIpc) is 2.79. The van der Waals surface area contributed by atoms with Crippen molar-refractivity contribution in [2.45, 2.75) is 39.8 Å². The first kappa shape index (κ1) is 18.1. The summed E-state index contributed by atoms with van der Waals surface area (Å²) in [5.74, 6) is -1.53. The number of hydrogen-bond acceptors (Lipinski definition) is 5. The lowest BCUT2D eigenvalue weighted by Crippen LogP contribution is -2.34. The van der Waals surface area contributed by atoms with Crippen LogP contribution in [-0.4, -0.2) is 45.9 Å². The number of amides is 1. The summed E-state index contributed by atoms with van der Waals surface area (Å²) in [7, 11) is 0. The van der Waals surface area contributed by atoms with Crippen LogP contribution >= 0.6 is 0 Å². The molecule has 130 valence electrons. The Morgan fingerprint density at radius 3 is 2.46 bits per heavy atom. The molecule has 1 atom stereocenters. The number of ketones is 1. The number of carbonyl (C=O) groups is 2. The van der Waals surface area contributed by atoms with Crippen molar-refractivity contribution in [1.29, 1.82) is 0 Å². The van der Waals surface area contributed by atoms with Crippen LogP contribution in [0.25, 0.3) is 0 Å². The molecule has 6 nitrogen and oxygen atoms in total. The summed E-state index contributed by atoms with van der Waals surface area (Å²) in [5, 5.41) is 10.3. The summed E-state index contributed by atoms with van der Waals surface area (Å²) in [6.45, 7) is 7.96. The van der Waals surface area contributed by atoms with E-state index in [9.17, 15) is 14.7 Å². The van der Waals surface area contributed by atoms with Gasteiger partial charge in [0.25, 0.3) is 5.91 Å². The first-order valence-corrected chi connectivity index (χ1v) is 8.14. The summed E-state index contributed by atoms with van der Waals surface area (Å²) in [6.07, 6.45) is 3.26. The molecule has 1 aromatic heterocycles. The summed E-state index contributed by atoms with van der Waals surface area (Å²) >= 11 is 0. The number of rotatable bonds is 7. The molecule has 1 unspecified atom stereocenters. The number of aromatic nitrogens is 1. The molecule has 1 aromatic rings. The molecule has 1 amide bonds. The van der Waals surface area contributed by atoms with Crippen LogP contribution in [0.4, 0.5) is 0 Å². The van der Waals surface area contributed by atoms with Crippen molar-refractivity contribution in [1.82, 2.24) is 9.88 Å². The minimum absolute atomic E-state index is 0.0420. The number of pyridine rings is 1. The largest absolute Gasteiger partial charge is 0.503 e. The zero-order valence-corrected chi connectivity index (χ0v) is 14.5. The predicted octanol–water partition coefficient (Wildman–Crippen LogP) is 2.43. The molecule has 0 saturated heterocycles. The van der Waals surface area contributed by atoms with Gasteiger partial charge in [0.2, 0.25) is 0 Å². The Bertz CT molecular complexity index is 638. The molecule has 2 rings (SSSR count). The molecule has 0 radical (unpaired) electrons. The Balaban J connectivity index is 2.38. The highest BCUT2D eigenvalue weighted by atomic mass is 16.5. The van der Waals surface area contributed by atoms with E-state index in [1.54, 1.807) is 38.4 Å². The van der Waals surface area contributed by atoms with E-state index in [-0.39, 0.29) is 23.4 Å². The third kappa shape index (κ3) is 3.64. The lowest BCUT2D eigenvalue weighted by Gasteiger charge is -2.27. The molecule has 0 aliphatic carbocycles. The van der Waals surface area contributed by atoms with Crippen molar-refractivity contribution in [2.75, 3.05) is 13.2 Å². The number of aliphatic hydroxyl groups is 1. The fraction of sp³-hybridized carbons (Fsp3) is 0.500. The van der Waals surface area contributed by atoms with E-state index in [4.69, 9.17) is 4.74 Å². The third-order valence-corrected chi connectivity index (χ3v) is 3.90. The third-order valence-electron chi connectivity index (χ3n) is 3.90. The number of hydrogen-bond donors (Lipinski definition) is 1. The van der Waals surface area contributed by atoms with Crippen molar-refractivity contribution in [3.8, 4) is 0 Å². The minimum Gasteiger partial charge on any atom is -0.503 e. The fourth-order valence-electron chi connectivity index (χ4n) is 2.73. The van der Waals surface area contributed by atoms with Gasteiger partial charge in [-0.2, -0.15) is 0 Å². The van der Waals surface area contributed by atoms with Gasteiger partial charge in [0.05, 0.1) is 24.3 Å². The summed E-state index contributed by atoms with van der Waals surface area (Å²) in [6, 6.07) is 2.90. The van der Waals surface area contributed by atoms with E-state index < -0.39 is 17.7 Å². The number of ether oxygens (including phenoxy) is 1. The molecule has 0 fully saturated rings. The Labute approximate surface area is 142 Å². The molecular weight excluding hydrogens is 308 g/mol. The van der Waals surface area contributed by atoms with Crippen molar-refractivity contribution in [3.05, 3.63) is 41.4 Å². The Morgan fingerprint density at radius 1 is 1.29 bits per heavy atom. The van der Waals surface area contributed by atoms with E-state index in [1.807, 2.05) is 13.8 Å². The van der Waals surface area contributed by atoms with E-state index in [1.165, 1.54) is 4.90 Å². The standard InChI is InChI=1S/C18H24N2O4/c1-11(2)16(21)14-15(13-5-7-19-8-6-13)20(18(23)17(14)22)9-10-24-12(3)4/h5-8,11-12,15,22H,9-10H2,1-4H3. The topological polar surface area (TPSA) is 79.7 Å². The van der Waals surface area contributed by atoms with Gasteiger partial charge in [-0.1, -0.05) is 13.8 Å². The van der Waals surface area contributed by atoms with E-state index >= 15 is 0 Å². The average molecular weight is 332 g/mol. The molecule has 2 heterocycles. The maximum absolute atomic E-state index is 12.6. The van der Waals surface area contributed by atoms with Gasteiger partial charge in [-0.25, -0.2) is 0 Å². The maximum atomic E-state index is 12.6. The predicted molar refractivity (Wildman–Crippen MR) is 89.3 cm³/mol. The number of carbonyl (C=O) groups excluding carboxylic acids is 2. The molecule has 6 heteroatoms. The van der Waals surface area contributed by atoms with E-state index in [2.05, 4.69) is 4.98 Å². The second kappa shape index (κ2) is 7.57. The van der Waals surface area contributed by atoms with Crippen LogP contribution in [0.2, 0.25) is 0 Å². The molecule has 0 spiro atoms. The van der Waals surface area contributed by atoms with Crippen LogP contribution in [0.3, 0.4) is 0 Å². The van der Waals surface area contributed by atoms with Crippen molar-refractivity contribution >= 4 is 11.7 Å². The SMILES string of the molecule is CC(C)OCCN1C(=O)C(O)=C(C(=O)C(C)C)C1c1ccncc1. The van der Waals surface area contributed by atoms with Crippen LogP contribution in [0.5, 0.6) is 0 Å². The zero-order chi connectivity index (χ0) is 17.9. The molecule has 24 heavy (non-hydrogen) atoms. The van der Waals surface area contributed by atoms with Gasteiger partial charge < -0.3 is 14.7 Å². The quantitative estimate of drug-likeness (QED) is 0.829. The summed E-state index contributed by atoms with van der Waals surface area (Å²) in [4.78, 5) is 30.5. The zero-order valence-electron chi connectivity index (χ0n) is 14.5. The number of aliphatic hydroxyl groups excluding tert-OH is 1. The lowest BCUT2D eigenvalue weighted by atomic mass is 9.92. The van der Waals surface area contributed by atoms with Gasteiger partial charge >= 0.3 is 0 Å². The maximum Gasteiger partial charge on any atom is 0.290 e. The first-order chi connectivity index (χ1) is 11.3. The van der Waals surface area contributed by atoms with Gasteiger partial charge in [-0.3, -0.25) is 14.6 Å². The molecule has 1 aliphatic rings. The smallest absolute Gasteiger partial charge is 0.290 e. The van der Waals surface area contributed by atoms with E-state index in [0.29, 0.717) is 13.2 Å². The molecular formula is C18H24N2O4. The number of Topliss-reactive ketones (excluding diaryl/α,β-unsaturated/α-hetero) is 1. The molecule has 1 aliphatic heterocycles. The Kier molecular flexibility index (Phi) is 5.72. The second-order valence-electron chi connectivity index (χ2n) is 6.38. The second-order valence-corrected chi connectivity index (χ2v) is 6.38. The summed E-state index contributed by atoms with van der Waals surface area (Å²) in [5.41, 5.74) is 0.904. The van der Waals surface area contributed by atoms with Crippen molar-refractivity contribution in [2.24, 2.45) is 5.92 Å². The van der Waals surface area contributed by atoms with Crippen LogP contribution in [0.15, 0.2) is 35.9 Å². The highest BCUT2D eigenvalue weighted by Gasteiger charge is 2.43. The van der Waals surface area contributed by atoms with Crippen LogP contribution in [0, 0.1) is 5.92 Å². The van der Waals surface area contributed by atoms with Crippen LogP contribution < -0.4 is 0 Å². The Hall–Kier alpha value is -2.21. The van der Waals surface area contributed by atoms with Gasteiger partial charge in [-0.05, 0) is 31.5 Å². The van der Waals surface area contributed by atoms with Gasteiger partial charge in [0, 0.05) is 24.9 Å². The van der Waals surface area contributed by atoms with Gasteiger partial charge in [0.1, 0.15) is 0 Å². The first-order valence-electron chi connectivity index (χ1n) is 8.14. The fourth-order valence-corrected chi connectivity index (χ4v) is 2.73. The molecule has 0 aromatic carbocycles. The van der Waals surface area contributed by atoms with Crippen LogP contribution in [-0.2, 0) is 14.3 Å².